The van der Waals surface area contributed by atoms with Gasteiger partial charge in [-0.15, -0.1) is 0 Å². The molecule has 0 saturated heterocycles. The smallest absolute Gasteiger partial charge is 0.0490 e. The van der Waals surface area contributed by atoms with E-state index in [1.54, 1.807) is 7.11 Å². The molecule has 0 aliphatic heterocycles. The minimum atomic E-state index is 0.549. The van der Waals surface area contributed by atoms with E-state index in [9.17, 15) is 0 Å². The van der Waals surface area contributed by atoms with Gasteiger partial charge in [0.2, 0.25) is 0 Å². The summed E-state index contributed by atoms with van der Waals surface area (Å²) in [6.07, 6.45) is 2.64. The molecule has 1 unspecified atom stereocenters. The van der Waals surface area contributed by atoms with Crippen LogP contribution in [0.4, 0.5) is 0 Å². The Morgan fingerprint density at radius 1 is 1.40 bits per heavy atom. The monoisotopic (exact) mass is 141 g/mol. The molecule has 0 aromatic heterocycles. The van der Waals surface area contributed by atoms with Crippen molar-refractivity contribution < 1.29 is 4.74 Å². The van der Waals surface area contributed by atoms with Crippen LogP contribution in [0.5, 0.6) is 0 Å². The predicted octanol–water partition coefficient (Wildman–Crippen LogP) is 0.616. The van der Waals surface area contributed by atoms with Crippen LogP contribution in [0.3, 0.4) is 0 Å². The van der Waals surface area contributed by atoms with Crippen molar-refractivity contribution in [3.8, 4) is 0 Å². The molecule has 0 heterocycles. The Labute approximate surface area is 61.7 Å². The fourth-order valence-electron chi connectivity index (χ4n) is 2.38. The summed E-state index contributed by atoms with van der Waals surface area (Å²) in [4.78, 5) is 0. The fourth-order valence-corrected chi connectivity index (χ4v) is 2.38. The number of nitrogens with two attached hydrogens (primary N) is 1. The van der Waals surface area contributed by atoms with Gasteiger partial charge in [-0.25, -0.2) is 0 Å². The number of hydrogen-bond donors (Lipinski definition) is 1. The summed E-state index contributed by atoms with van der Waals surface area (Å²) in [6, 6.07) is 0.549. The van der Waals surface area contributed by atoms with Gasteiger partial charge in [-0.1, -0.05) is 0 Å². The van der Waals surface area contributed by atoms with E-state index in [1.165, 1.54) is 12.8 Å². The number of ether oxygens (including phenoxy) is 1. The zero-order chi connectivity index (χ0) is 7.14. The van der Waals surface area contributed by atoms with Crippen molar-refractivity contribution in [2.24, 2.45) is 23.5 Å². The molecule has 2 N–H and O–H groups in total. The highest BCUT2D eigenvalue weighted by Gasteiger charge is 2.53. The van der Waals surface area contributed by atoms with E-state index in [1.807, 2.05) is 0 Å². The van der Waals surface area contributed by atoms with E-state index in [0.717, 1.165) is 24.4 Å². The lowest BCUT2D eigenvalue weighted by molar-refractivity contribution is 0.148. The van der Waals surface area contributed by atoms with Crippen LogP contribution in [0.15, 0.2) is 0 Å². The van der Waals surface area contributed by atoms with E-state index in [0.29, 0.717) is 6.04 Å². The van der Waals surface area contributed by atoms with Gasteiger partial charge in [-0.2, -0.15) is 0 Å². The van der Waals surface area contributed by atoms with Gasteiger partial charge >= 0.3 is 0 Å². The lowest BCUT2D eigenvalue weighted by atomic mass is 10.0. The van der Waals surface area contributed by atoms with Crippen molar-refractivity contribution in [2.45, 2.75) is 18.9 Å². The Balaban J connectivity index is 1.79. The van der Waals surface area contributed by atoms with Crippen molar-refractivity contribution in [2.75, 3.05) is 13.7 Å². The van der Waals surface area contributed by atoms with Gasteiger partial charge in [-0.05, 0) is 30.6 Å². The molecule has 2 aliphatic rings. The highest BCUT2D eigenvalue weighted by molar-refractivity contribution is 5.07. The van der Waals surface area contributed by atoms with Crippen molar-refractivity contribution in [1.82, 2.24) is 0 Å². The second-order valence-electron chi connectivity index (χ2n) is 3.70. The molecule has 0 spiro atoms. The Morgan fingerprint density at radius 2 is 2.00 bits per heavy atom. The molecular weight excluding hydrogens is 126 g/mol. The minimum Gasteiger partial charge on any atom is -0.384 e. The number of methoxy groups -OCH3 is 1. The van der Waals surface area contributed by atoms with Gasteiger partial charge in [0.05, 0.1) is 0 Å². The summed E-state index contributed by atoms with van der Waals surface area (Å²) >= 11 is 0. The van der Waals surface area contributed by atoms with Gasteiger partial charge in [0, 0.05) is 19.8 Å². The maximum Gasteiger partial charge on any atom is 0.0490 e. The normalized spacial score (nSPS) is 51.0. The molecule has 0 aromatic rings. The van der Waals surface area contributed by atoms with Gasteiger partial charge in [0.25, 0.3) is 0 Å². The first-order valence-electron chi connectivity index (χ1n) is 4.07. The van der Waals surface area contributed by atoms with Crippen LogP contribution < -0.4 is 5.73 Å². The zero-order valence-electron chi connectivity index (χ0n) is 6.42. The van der Waals surface area contributed by atoms with Crippen molar-refractivity contribution in [3.63, 3.8) is 0 Å². The zero-order valence-corrected chi connectivity index (χ0v) is 6.42. The molecule has 0 aromatic carbocycles. The molecule has 2 heteroatoms. The molecule has 10 heavy (non-hydrogen) atoms. The third-order valence-corrected chi connectivity index (χ3v) is 3.01. The average Bonchev–Trinajstić information content (AvgIpc) is 2.44. The summed E-state index contributed by atoms with van der Waals surface area (Å²) in [5.41, 5.74) is 5.79. The first kappa shape index (κ1) is 6.62. The topological polar surface area (TPSA) is 35.2 Å². The molecule has 0 amide bonds. The van der Waals surface area contributed by atoms with Gasteiger partial charge < -0.3 is 10.5 Å². The molecule has 58 valence electrons. The Morgan fingerprint density at radius 3 is 2.50 bits per heavy atom. The average molecular weight is 141 g/mol. The molecule has 2 saturated carbocycles. The largest absolute Gasteiger partial charge is 0.384 e. The summed E-state index contributed by atoms with van der Waals surface area (Å²) < 4.78 is 5.09. The Kier molecular flexibility index (Phi) is 1.46. The number of fused-ring (bicyclic) bond motifs is 1. The molecule has 2 fully saturated rings. The molecule has 0 radical (unpaired) electrons. The van der Waals surface area contributed by atoms with Gasteiger partial charge in [-0.3, -0.25) is 0 Å². The highest BCUT2D eigenvalue weighted by Crippen LogP contribution is 2.53. The van der Waals surface area contributed by atoms with E-state index in [-0.39, 0.29) is 0 Å². The standard InChI is InChI=1S/C8H15NO/c1-10-4-5-2-6-7(3-5)8(6)9/h5-8H,2-4,9H2,1H3/t5?,6-,7+,8+. The van der Waals surface area contributed by atoms with E-state index in [4.69, 9.17) is 10.5 Å². The van der Waals surface area contributed by atoms with Crippen LogP contribution in [0.1, 0.15) is 12.8 Å². The van der Waals surface area contributed by atoms with Crippen LogP contribution in [0.25, 0.3) is 0 Å². The highest BCUT2D eigenvalue weighted by atomic mass is 16.5. The molecule has 2 nitrogen and oxygen atoms in total. The third-order valence-electron chi connectivity index (χ3n) is 3.01. The SMILES string of the molecule is COCC1C[C@@H]2[C@@H](N)[C@@H]2C1. The van der Waals surface area contributed by atoms with Crippen LogP contribution in [-0.4, -0.2) is 19.8 Å². The van der Waals surface area contributed by atoms with E-state index >= 15 is 0 Å². The Bertz CT molecular complexity index is 125. The lowest BCUT2D eigenvalue weighted by Gasteiger charge is -2.10. The molecule has 2 aliphatic carbocycles. The van der Waals surface area contributed by atoms with Crippen LogP contribution in [0, 0.1) is 17.8 Å². The van der Waals surface area contributed by atoms with Crippen LogP contribution in [-0.2, 0) is 4.74 Å². The number of rotatable bonds is 2. The van der Waals surface area contributed by atoms with E-state index in [2.05, 4.69) is 0 Å². The lowest BCUT2D eigenvalue weighted by Crippen LogP contribution is -2.14. The number of hydrogen-bond acceptors (Lipinski definition) is 2. The summed E-state index contributed by atoms with van der Waals surface area (Å²) in [5.74, 6) is 2.54. The van der Waals surface area contributed by atoms with Crippen LogP contribution >= 0.6 is 0 Å². The first-order valence-corrected chi connectivity index (χ1v) is 4.07. The van der Waals surface area contributed by atoms with Crippen molar-refractivity contribution in [3.05, 3.63) is 0 Å². The maximum absolute atomic E-state index is 5.79. The van der Waals surface area contributed by atoms with E-state index < -0.39 is 0 Å². The first-order chi connectivity index (χ1) is 4.83. The van der Waals surface area contributed by atoms with Gasteiger partial charge in [0.1, 0.15) is 0 Å². The second kappa shape index (κ2) is 2.21. The summed E-state index contributed by atoms with van der Waals surface area (Å²) in [6.45, 7) is 0.944. The van der Waals surface area contributed by atoms with Crippen LogP contribution in [0.2, 0.25) is 0 Å². The summed E-state index contributed by atoms with van der Waals surface area (Å²) in [7, 11) is 1.78. The molecule has 0 bridgehead atoms. The van der Waals surface area contributed by atoms with Crippen molar-refractivity contribution >= 4 is 0 Å². The molecular formula is C8H15NO. The molecule has 2 rings (SSSR count). The minimum absolute atomic E-state index is 0.549. The maximum atomic E-state index is 5.79. The fraction of sp³-hybridized carbons (Fsp3) is 1.00. The predicted molar refractivity (Wildman–Crippen MR) is 39.6 cm³/mol. The second-order valence-corrected chi connectivity index (χ2v) is 3.70. The van der Waals surface area contributed by atoms with Crippen molar-refractivity contribution in [1.29, 1.82) is 0 Å². The third kappa shape index (κ3) is 0.867. The van der Waals surface area contributed by atoms with Gasteiger partial charge in [0.15, 0.2) is 0 Å². The Hall–Kier alpha value is -0.0800. The quantitative estimate of drug-likeness (QED) is 0.611. The summed E-state index contributed by atoms with van der Waals surface area (Å²) in [5, 5.41) is 0. The molecule has 4 atom stereocenters.